The molecule has 4 nitrogen and oxygen atoms in total. The summed E-state index contributed by atoms with van der Waals surface area (Å²) in [5, 5.41) is 0. The third-order valence-electron chi connectivity index (χ3n) is 3.36. The van der Waals surface area contributed by atoms with Crippen LogP contribution < -0.4 is 4.90 Å². The topological polar surface area (TPSA) is 41.8 Å². The lowest BCUT2D eigenvalue weighted by atomic mass is 10.4. The zero-order valence-electron chi connectivity index (χ0n) is 10.4. The number of sulfonamides is 1. The maximum absolute atomic E-state index is 12.4. The number of quaternary nitrogens is 1. The molecule has 100 valence electrons. The third-order valence-corrected chi connectivity index (χ3v) is 5.75. The number of nitrogens with zero attached hydrogens (tertiary/aromatic N) is 1. The van der Waals surface area contributed by atoms with Crippen LogP contribution in [0.3, 0.4) is 0 Å². The first-order valence-electron chi connectivity index (χ1n) is 6.13. The van der Waals surface area contributed by atoms with Crippen LogP contribution in [0.4, 0.5) is 0 Å². The van der Waals surface area contributed by atoms with Gasteiger partial charge in [-0.15, -0.1) is 0 Å². The van der Waals surface area contributed by atoms with Crippen LogP contribution in [0.15, 0.2) is 33.6 Å². The number of halogens is 1. The largest absolute Gasteiger partial charge is 0.333 e. The molecule has 0 aliphatic carbocycles. The molecule has 1 saturated heterocycles. The lowest BCUT2D eigenvalue weighted by Crippen LogP contribution is -3.14. The quantitative estimate of drug-likeness (QED) is 0.867. The summed E-state index contributed by atoms with van der Waals surface area (Å²) >= 11 is 3.31. The summed E-state index contributed by atoms with van der Waals surface area (Å²) in [6, 6.07) is 6.90. The number of nitrogens with one attached hydrogen (secondary N) is 1. The van der Waals surface area contributed by atoms with E-state index in [4.69, 9.17) is 0 Å². The first kappa shape index (κ1) is 14.0. The molecule has 1 fully saturated rings. The van der Waals surface area contributed by atoms with Crippen molar-refractivity contribution in [1.82, 2.24) is 4.31 Å². The SMILES string of the molecule is CC[NH+]1CCN(S(=O)(=O)c2cccc(Br)c2)CC1. The van der Waals surface area contributed by atoms with E-state index in [2.05, 4.69) is 22.9 Å². The Morgan fingerprint density at radius 3 is 2.56 bits per heavy atom. The molecule has 1 aromatic carbocycles. The highest BCUT2D eigenvalue weighted by Gasteiger charge is 2.29. The van der Waals surface area contributed by atoms with Crippen LogP contribution in [0.25, 0.3) is 0 Å². The smallest absolute Gasteiger partial charge is 0.243 e. The number of hydrogen-bond donors (Lipinski definition) is 1. The van der Waals surface area contributed by atoms with Crippen LogP contribution in [-0.2, 0) is 10.0 Å². The van der Waals surface area contributed by atoms with E-state index >= 15 is 0 Å². The lowest BCUT2D eigenvalue weighted by Gasteiger charge is -2.30. The van der Waals surface area contributed by atoms with Gasteiger partial charge in [-0.3, -0.25) is 0 Å². The summed E-state index contributed by atoms with van der Waals surface area (Å²) in [7, 11) is -3.33. The number of hydrogen-bond acceptors (Lipinski definition) is 2. The van der Waals surface area contributed by atoms with Gasteiger partial charge in [-0.1, -0.05) is 22.0 Å². The van der Waals surface area contributed by atoms with Gasteiger partial charge >= 0.3 is 0 Å². The van der Waals surface area contributed by atoms with E-state index in [1.165, 1.54) is 4.90 Å². The van der Waals surface area contributed by atoms with E-state index in [-0.39, 0.29) is 0 Å². The second kappa shape index (κ2) is 5.69. The first-order valence-corrected chi connectivity index (χ1v) is 8.36. The zero-order chi connectivity index (χ0) is 13.2. The minimum atomic E-state index is -3.33. The predicted octanol–water partition coefficient (Wildman–Crippen LogP) is 0.358. The number of benzene rings is 1. The Hall–Kier alpha value is -0.430. The molecule has 1 aliphatic heterocycles. The number of rotatable bonds is 3. The molecular weight excluding hydrogens is 316 g/mol. The Morgan fingerprint density at radius 1 is 1.33 bits per heavy atom. The van der Waals surface area contributed by atoms with Gasteiger partial charge in [0, 0.05) is 4.47 Å². The summed E-state index contributed by atoms with van der Waals surface area (Å²) < 4.78 is 27.2. The van der Waals surface area contributed by atoms with Crippen molar-refractivity contribution in [3.8, 4) is 0 Å². The summed E-state index contributed by atoms with van der Waals surface area (Å²) in [6.07, 6.45) is 0. The second-order valence-corrected chi connectivity index (χ2v) is 7.32. The fourth-order valence-electron chi connectivity index (χ4n) is 2.17. The molecule has 0 aromatic heterocycles. The number of piperazine rings is 1. The molecule has 2 rings (SSSR count). The van der Waals surface area contributed by atoms with Crippen LogP contribution in [-0.4, -0.2) is 45.4 Å². The van der Waals surface area contributed by atoms with Crippen LogP contribution in [0.2, 0.25) is 0 Å². The Balaban J connectivity index is 2.17. The van der Waals surface area contributed by atoms with E-state index < -0.39 is 10.0 Å². The Bertz CT molecular complexity index is 511. The van der Waals surface area contributed by atoms with E-state index in [0.29, 0.717) is 18.0 Å². The van der Waals surface area contributed by atoms with Gasteiger partial charge in [0.25, 0.3) is 0 Å². The fourth-order valence-corrected chi connectivity index (χ4v) is 4.21. The molecule has 6 heteroatoms. The molecule has 18 heavy (non-hydrogen) atoms. The highest BCUT2D eigenvalue weighted by atomic mass is 79.9. The normalized spacial score (nSPS) is 19.0. The standard InChI is InChI=1S/C12H17BrN2O2S/c1-2-14-6-8-15(9-7-14)18(16,17)12-5-3-4-11(13)10-12/h3-5,10H,2,6-9H2,1H3/p+1. The average molecular weight is 334 g/mol. The van der Waals surface area contributed by atoms with Gasteiger partial charge in [0.2, 0.25) is 10.0 Å². The number of likely N-dealkylation sites (N-methyl/N-ethyl adjacent to an activating group) is 1. The fraction of sp³-hybridized carbons (Fsp3) is 0.500. The molecule has 1 aliphatic rings. The van der Waals surface area contributed by atoms with Crippen molar-refractivity contribution in [2.24, 2.45) is 0 Å². The van der Waals surface area contributed by atoms with Crippen molar-refractivity contribution in [3.05, 3.63) is 28.7 Å². The molecular formula is C12H18BrN2O2S+. The maximum atomic E-state index is 12.4. The van der Waals surface area contributed by atoms with Crippen LogP contribution in [0, 0.1) is 0 Å². The van der Waals surface area contributed by atoms with Gasteiger partial charge in [-0.2, -0.15) is 4.31 Å². The van der Waals surface area contributed by atoms with Gasteiger partial charge in [0.05, 0.1) is 37.6 Å². The maximum Gasteiger partial charge on any atom is 0.243 e. The third kappa shape index (κ3) is 2.93. The highest BCUT2D eigenvalue weighted by molar-refractivity contribution is 9.10. The van der Waals surface area contributed by atoms with Gasteiger partial charge in [0.15, 0.2) is 0 Å². The minimum Gasteiger partial charge on any atom is -0.333 e. The minimum absolute atomic E-state index is 0.372. The van der Waals surface area contributed by atoms with Crippen molar-refractivity contribution >= 4 is 26.0 Å². The molecule has 0 unspecified atom stereocenters. The molecule has 0 saturated carbocycles. The Labute approximate surface area is 117 Å². The molecule has 0 atom stereocenters. The van der Waals surface area contributed by atoms with Crippen molar-refractivity contribution in [2.75, 3.05) is 32.7 Å². The van der Waals surface area contributed by atoms with E-state index in [1.54, 1.807) is 22.5 Å². The van der Waals surface area contributed by atoms with Crippen LogP contribution in [0.5, 0.6) is 0 Å². The summed E-state index contributed by atoms with van der Waals surface area (Å²) in [6.45, 7) is 6.20. The highest BCUT2D eigenvalue weighted by Crippen LogP contribution is 2.19. The van der Waals surface area contributed by atoms with E-state index in [1.807, 2.05) is 6.07 Å². The molecule has 1 heterocycles. The first-order chi connectivity index (χ1) is 8.54. The van der Waals surface area contributed by atoms with E-state index in [9.17, 15) is 8.42 Å². The van der Waals surface area contributed by atoms with Crippen LogP contribution >= 0.6 is 15.9 Å². The summed E-state index contributed by atoms with van der Waals surface area (Å²) in [5.41, 5.74) is 0. The van der Waals surface area contributed by atoms with Gasteiger partial charge in [0.1, 0.15) is 0 Å². The van der Waals surface area contributed by atoms with Gasteiger partial charge in [-0.05, 0) is 25.1 Å². The Kier molecular flexibility index (Phi) is 4.42. The summed E-state index contributed by atoms with van der Waals surface area (Å²) in [4.78, 5) is 1.84. The van der Waals surface area contributed by atoms with Crippen molar-refractivity contribution in [1.29, 1.82) is 0 Å². The molecule has 0 spiro atoms. The summed E-state index contributed by atoms with van der Waals surface area (Å²) in [5.74, 6) is 0. The molecule has 0 amide bonds. The molecule has 0 bridgehead atoms. The van der Waals surface area contributed by atoms with Gasteiger partial charge < -0.3 is 4.90 Å². The lowest BCUT2D eigenvalue weighted by molar-refractivity contribution is -0.901. The van der Waals surface area contributed by atoms with Gasteiger partial charge in [-0.25, -0.2) is 8.42 Å². The Morgan fingerprint density at radius 2 is 2.00 bits per heavy atom. The monoisotopic (exact) mass is 333 g/mol. The zero-order valence-corrected chi connectivity index (χ0v) is 12.8. The van der Waals surface area contributed by atoms with E-state index in [0.717, 1.165) is 24.1 Å². The molecule has 1 aromatic rings. The van der Waals surface area contributed by atoms with Crippen molar-refractivity contribution in [2.45, 2.75) is 11.8 Å². The van der Waals surface area contributed by atoms with Crippen LogP contribution in [0.1, 0.15) is 6.92 Å². The second-order valence-electron chi connectivity index (χ2n) is 4.47. The predicted molar refractivity (Wildman–Crippen MR) is 74.1 cm³/mol. The molecule has 0 radical (unpaired) electrons. The average Bonchev–Trinajstić information content (AvgIpc) is 2.39. The molecule has 1 N–H and O–H groups in total. The van der Waals surface area contributed by atoms with Crippen molar-refractivity contribution < 1.29 is 13.3 Å². The van der Waals surface area contributed by atoms with Crippen molar-refractivity contribution in [3.63, 3.8) is 0 Å².